The molecule has 4 nitrogen and oxygen atoms in total. The molecule has 0 spiro atoms. The summed E-state index contributed by atoms with van der Waals surface area (Å²) in [5.74, 6) is -0.545. The minimum Gasteiger partial charge on any atom is -0.350 e. The molecule has 0 bridgehead atoms. The van der Waals surface area contributed by atoms with Gasteiger partial charge in [0.2, 0.25) is 0 Å². The fourth-order valence-corrected chi connectivity index (χ4v) is 3.29. The van der Waals surface area contributed by atoms with Gasteiger partial charge in [0.25, 0.3) is 5.91 Å². The van der Waals surface area contributed by atoms with Gasteiger partial charge in [0, 0.05) is 43.3 Å². The molecule has 26 heavy (non-hydrogen) atoms. The molecule has 138 valence electrons. The van der Waals surface area contributed by atoms with Crippen molar-refractivity contribution in [3.05, 3.63) is 70.5 Å². The normalized spacial score (nSPS) is 17.0. The number of carbonyl (C=O) groups is 1. The number of benzene rings is 2. The van der Waals surface area contributed by atoms with E-state index in [9.17, 15) is 9.18 Å². The molecule has 0 saturated carbocycles. The zero-order chi connectivity index (χ0) is 18.5. The number of nitrogens with zero attached hydrogens (tertiary/aromatic N) is 2. The molecule has 6 heteroatoms. The lowest BCUT2D eigenvalue weighted by Crippen LogP contribution is -2.48. The van der Waals surface area contributed by atoms with E-state index in [-0.39, 0.29) is 17.8 Å². The maximum atomic E-state index is 13.0. The third-order valence-corrected chi connectivity index (χ3v) is 5.05. The standard InChI is InChI=1S/C20H23ClFN3O/c1-24-10-12-25(13-11-24)19(15-2-6-17(21)7-3-15)14-23-20(26)16-4-8-18(22)9-5-16/h2-9,19H,10-14H2,1H3,(H,23,26)/t19-/m0/s1. The van der Waals surface area contributed by atoms with Crippen LogP contribution in [-0.2, 0) is 0 Å². The molecular weight excluding hydrogens is 353 g/mol. The molecule has 2 aromatic carbocycles. The van der Waals surface area contributed by atoms with Crippen molar-refractivity contribution in [2.45, 2.75) is 6.04 Å². The Morgan fingerprint density at radius 1 is 1.08 bits per heavy atom. The number of amides is 1. The van der Waals surface area contributed by atoms with E-state index in [4.69, 9.17) is 11.6 Å². The van der Waals surface area contributed by atoms with Crippen LogP contribution in [0.3, 0.4) is 0 Å². The highest BCUT2D eigenvalue weighted by Gasteiger charge is 2.24. The van der Waals surface area contributed by atoms with Gasteiger partial charge in [-0.3, -0.25) is 9.69 Å². The number of piperazine rings is 1. The Balaban J connectivity index is 1.71. The monoisotopic (exact) mass is 375 g/mol. The number of carbonyl (C=O) groups excluding carboxylic acids is 1. The summed E-state index contributed by atoms with van der Waals surface area (Å²) in [6, 6.07) is 13.4. The van der Waals surface area contributed by atoms with Gasteiger partial charge in [-0.25, -0.2) is 4.39 Å². The Morgan fingerprint density at radius 2 is 1.69 bits per heavy atom. The summed E-state index contributed by atoms with van der Waals surface area (Å²) in [6.45, 7) is 4.36. The van der Waals surface area contributed by atoms with Gasteiger partial charge in [-0.05, 0) is 49.0 Å². The highest BCUT2D eigenvalue weighted by molar-refractivity contribution is 6.30. The molecule has 0 aromatic heterocycles. The van der Waals surface area contributed by atoms with Crippen molar-refractivity contribution in [3.8, 4) is 0 Å². The van der Waals surface area contributed by atoms with Crippen LogP contribution in [0.4, 0.5) is 4.39 Å². The second-order valence-electron chi connectivity index (χ2n) is 6.62. The second-order valence-corrected chi connectivity index (χ2v) is 7.06. The molecule has 1 aliphatic rings. The van der Waals surface area contributed by atoms with Crippen LogP contribution in [0.5, 0.6) is 0 Å². The molecule has 1 amide bonds. The van der Waals surface area contributed by atoms with Crippen LogP contribution in [0.1, 0.15) is 22.0 Å². The number of hydrogen-bond acceptors (Lipinski definition) is 3. The molecule has 1 fully saturated rings. The molecule has 1 heterocycles. The third-order valence-electron chi connectivity index (χ3n) is 4.80. The highest BCUT2D eigenvalue weighted by atomic mass is 35.5. The van der Waals surface area contributed by atoms with Crippen LogP contribution in [0.25, 0.3) is 0 Å². The summed E-state index contributed by atoms with van der Waals surface area (Å²) in [6.07, 6.45) is 0. The predicted molar refractivity (Wildman–Crippen MR) is 102 cm³/mol. The largest absolute Gasteiger partial charge is 0.350 e. The first-order chi connectivity index (χ1) is 12.5. The van der Waals surface area contributed by atoms with Gasteiger partial charge in [0.1, 0.15) is 5.82 Å². The van der Waals surface area contributed by atoms with Crippen LogP contribution in [-0.4, -0.2) is 55.5 Å². The Hall–Kier alpha value is -1.95. The van der Waals surface area contributed by atoms with Crippen LogP contribution >= 0.6 is 11.6 Å². The SMILES string of the molecule is CN1CCN([C@@H](CNC(=O)c2ccc(F)cc2)c2ccc(Cl)cc2)CC1. The number of halogens is 2. The molecule has 0 aliphatic carbocycles. The molecule has 1 N–H and O–H groups in total. The van der Waals surface area contributed by atoms with E-state index in [2.05, 4.69) is 22.2 Å². The third kappa shape index (κ3) is 4.81. The van der Waals surface area contributed by atoms with E-state index in [1.807, 2.05) is 24.3 Å². The lowest BCUT2D eigenvalue weighted by atomic mass is 10.0. The zero-order valence-electron chi connectivity index (χ0n) is 14.8. The highest BCUT2D eigenvalue weighted by Crippen LogP contribution is 2.23. The Morgan fingerprint density at radius 3 is 2.31 bits per heavy atom. The number of rotatable bonds is 5. The van der Waals surface area contributed by atoms with Crippen molar-refractivity contribution in [1.82, 2.24) is 15.1 Å². The summed E-state index contributed by atoms with van der Waals surface area (Å²) in [7, 11) is 2.12. The van der Waals surface area contributed by atoms with Crippen molar-refractivity contribution in [2.24, 2.45) is 0 Å². The molecule has 3 rings (SSSR count). The molecule has 1 aliphatic heterocycles. The van der Waals surface area contributed by atoms with Crippen LogP contribution in [0.2, 0.25) is 5.02 Å². The first-order valence-electron chi connectivity index (χ1n) is 8.75. The fourth-order valence-electron chi connectivity index (χ4n) is 3.17. The smallest absolute Gasteiger partial charge is 0.251 e. The van der Waals surface area contributed by atoms with Gasteiger partial charge in [0.05, 0.1) is 6.04 Å². The lowest BCUT2D eigenvalue weighted by Gasteiger charge is -2.38. The van der Waals surface area contributed by atoms with Gasteiger partial charge in [-0.2, -0.15) is 0 Å². The maximum absolute atomic E-state index is 13.0. The molecule has 1 saturated heterocycles. The van der Waals surface area contributed by atoms with Gasteiger partial charge >= 0.3 is 0 Å². The zero-order valence-corrected chi connectivity index (χ0v) is 15.5. The summed E-state index contributed by atoms with van der Waals surface area (Å²) in [5.41, 5.74) is 1.58. The first kappa shape index (κ1) is 18.8. The van der Waals surface area contributed by atoms with Crippen molar-refractivity contribution < 1.29 is 9.18 Å². The van der Waals surface area contributed by atoms with Gasteiger partial charge in [-0.15, -0.1) is 0 Å². The van der Waals surface area contributed by atoms with Crippen molar-refractivity contribution in [2.75, 3.05) is 39.8 Å². The Bertz CT molecular complexity index is 728. The molecular formula is C20H23ClFN3O. The number of likely N-dealkylation sites (N-methyl/N-ethyl adjacent to an activating group) is 1. The minimum atomic E-state index is -0.349. The van der Waals surface area contributed by atoms with E-state index >= 15 is 0 Å². The summed E-state index contributed by atoms with van der Waals surface area (Å²) in [4.78, 5) is 17.1. The number of nitrogens with one attached hydrogen (secondary N) is 1. The van der Waals surface area contributed by atoms with E-state index in [1.54, 1.807) is 0 Å². The van der Waals surface area contributed by atoms with E-state index in [1.165, 1.54) is 24.3 Å². The van der Waals surface area contributed by atoms with Crippen LogP contribution in [0.15, 0.2) is 48.5 Å². The summed E-state index contributed by atoms with van der Waals surface area (Å²) < 4.78 is 13.0. The van der Waals surface area contributed by atoms with Crippen molar-refractivity contribution >= 4 is 17.5 Å². The van der Waals surface area contributed by atoms with Crippen molar-refractivity contribution in [3.63, 3.8) is 0 Å². The van der Waals surface area contributed by atoms with Gasteiger partial charge in [0.15, 0.2) is 0 Å². The van der Waals surface area contributed by atoms with Gasteiger partial charge in [-0.1, -0.05) is 23.7 Å². The summed E-state index contributed by atoms with van der Waals surface area (Å²) >= 11 is 6.02. The first-order valence-corrected chi connectivity index (χ1v) is 9.12. The Labute approximate surface area is 158 Å². The quantitative estimate of drug-likeness (QED) is 0.871. The second kappa shape index (κ2) is 8.62. The predicted octanol–water partition coefficient (Wildman–Crippen LogP) is 3.20. The van der Waals surface area contributed by atoms with Crippen LogP contribution < -0.4 is 5.32 Å². The molecule has 0 radical (unpaired) electrons. The summed E-state index contributed by atoms with van der Waals surface area (Å²) in [5, 5.41) is 3.69. The van der Waals surface area contributed by atoms with Gasteiger partial charge < -0.3 is 10.2 Å². The average Bonchev–Trinajstić information content (AvgIpc) is 2.65. The maximum Gasteiger partial charge on any atom is 0.251 e. The van der Waals surface area contributed by atoms with Crippen LogP contribution in [0, 0.1) is 5.82 Å². The van der Waals surface area contributed by atoms with E-state index < -0.39 is 0 Å². The topological polar surface area (TPSA) is 35.6 Å². The number of hydrogen-bond donors (Lipinski definition) is 1. The fraction of sp³-hybridized carbons (Fsp3) is 0.350. The van der Waals surface area contributed by atoms with E-state index in [0.717, 1.165) is 31.7 Å². The molecule has 1 atom stereocenters. The van der Waals surface area contributed by atoms with E-state index in [0.29, 0.717) is 17.1 Å². The minimum absolute atomic E-state index is 0.0744. The average molecular weight is 376 g/mol. The molecule has 2 aromatic rings. The molecule has 0 unspecified atom stereocenters. The van der Waals surface area contributed by atoms with Crippen molar-refractivity contribution in [1.29, 1.82) is 0 Å². The lowest BCUT2D eigenvalue weighted by molar-refractivity contribution is 0.0886. The Kier molecular flexibility index (Phi) is 6.25.